The number of carbonyl (C=O) groups is 1. The van der Waals surface area contributed by atoms with Crippen molar-refractivity contribution in [1.29, 1.82) is 0 Å². The number of aromatic nitrogens is 4. The van der Waals surface area contributed by atoms with E-state index in [9.17, 15) is 4.79 Å². The van der Waals surface area contributed by atoms with Gasteiger partial charge in [0.05, 0.1) is 18.4 Å². The van der Waals surface area contributed by atoms with Crippen LogP contribution >= 0.6 is 0 Å². The van der Waals surface area contributed by atoms with Crippen molar-refractivity contribution in [3.05, 3.63) is 49.3 Å². The number of benzene rings is 1. The lowest BCUT2D eigenvalue weighted by molar-refractivity contribution is -0.131. The SMILES string of the molecule is O=C(CCn1cncn1)N1CCN(c2cncc3ccccc23)CC1. The summed E-state index contributed by atoms with van der Waals surface area (Å²) < 4.78 is 1.69. The summed E-state index contributed by atoms with van der Waals surface area (Å²) in [5.41, 5.74) is 1.15. The van der Waals surface area contributed by atoms with Gasteiger partial charge in [-0.05, 0) is 0 Å². The van der Waals surface area contributed by atoms with Crippen molar-refractivity contribution in [1.82, 2.24) is 24.6 Å². The summed E-state index contributed by atoms with van der Waals surface area (Å²) in [6.45, 7) is 3.70. The normalized spacial score (nSPS) is 14.9. The molecule has 1 aromatic carbocycles. The molecule has 1 amide bonds. The van der Waals surface area contributed by atoms with Crippen molar-refractivity contribution in [2.24, 2.45) is 0 Å². The van der Waals surface area contributed by atoms with Crippen LogP contribution in [0.2, 0.25) is 0 Å². The summed E-state index contributed by atoms with van der Waals surface area (Å²) in [5, 5.41) is 6.39. The van der Waals surface area contributed by atoms with Crippen LogP contribution in [0.1, 0.15) is 6.42 Å². The molecule has 128 valence electrons. The molecule has 3 heterocycles. The second-order valence-electron chi connectivity index (χ2n) is 6.16. The maximum Gasteiger partial charge on any atom is 0.224 e. The van der Waals surface area contributed by atoms with Gasteiger partial charge in [0.25, 0.3) is 0 Å². The first-order chi connectivity index (χ1) is 12.3. The molecule has 0 bridgehead atoms. The second-order valence-corrected chi connectivity index (χ2v) is 6.16. The van der Waals surface area contributed by atoms with E-state index in [1.54, 1.807) is 11.0 Å². The van der Waals surface area contributed by atoms with E-state index in [-0.39, 0.29) is 5.91 Å². The minimum absolute atomic E-state index is 0.172. The first-order valence-corrected chi connectivity index (χ1v) is 8.49. The molecule has 0 atom stereocenters. The molecule has 2 aromatic heterocycles. The zero-order chi connectivity index (χ0) is 17.1. The van der Waals surface area contributed by atoms with Crippen LogP contribution in [0.15, 0.2) is 49.3 Å². The van der Waals surface area contributed by atoms with Gasteiger partial charge in [-0.15, -0.1) is 0 Å². The van der Waals surface area contributed by atoms with E-state index >= 15 is 0 Å². The van der Waals surface area contributed by atoms with E-state index in [2.05, 4.69) is 38.2 Å². The first kappa shape index (κ1) is 15.6. The Balaban J connectivity index is 1.38. The number of aryl methyl sites for hydroxylation is 1. The van der Waals surface area contributed by atoms with Crippen LogP contribution in [0.25, 0.3) is 10.8 Å². The maximum absolute atomic E-state index is 12.4. The highest BCUT2D eigenvalue weighted by Crippen LogP contribution is 2.26. The van der Waals surface area contributed by atoms with E-state index in [4.69, 9.17) is 0 Å². The molecule has 1 fully saturated rings. The molecule has 0 aliphatic carbocycles. The van der Waals surface area contributed by atoms with Crippen LogP contribution in [-0.2, 0) is 11.3 Å². The maximum atomic E-state index is 12.4. The smallest absolute Gasteiger partial charge is 0.224 e. The molecule has 1 saturated heterocycles. The van der Waals surface area contributed by atoms with Gasteiger partial charge in [-0.1, -0.05) is 24.3 Å². The van der Waals surface area contributed by atoms with Gasteiger partial charge in [0.2, 0.25) is 5.91 Å². The summed E-state index contributed by atoms with van der Waals surface area (Å²) >= 11 is 0. The number of anilines is 1. The van der Waals surface area contributed by atoms with Crippen LogP contribution in [0, 0.1) is 0 Å². The minimum atomic E-state index is 0.172. The van der Waals surface area contributed by atoms with Gasteiger partial charge in [-0.25, -0.2) is 4.98 Å². The molecule has 0 radical (unpaired) electrons. The molecule has 1 aliphatic heterocycles. The summed E-state index contributed by atoms with van der Waals surface area (Å²) in [5.74, 6) is 0.172. The summed E-state index contributed by atoms with van der Waals surface area (Å²) in [6.07, 6.45) is 7.40. The molecular weight excluding hydrogens is 316 g/mol. The Bertz CT molecular complexity index is 850. The van der Waals surface area contributed by atoms with Crippen LogP contribution in [0.5, 0.6) is 0 Å². The van der Waals surface area contributed by atoms with Crippen LogP contribution in [0.4, 0.5) is 5.69 Å². The van der Waals surface area contributed by atoms with E-state index in [0.29, 0.717) is 13.0 Å². The lowest BCUT2D eigenvalue weighted by Crippen LogP contribution is -2.49. The van der Waals surface area contributed by atoms with Crippen LogP contribution < -0.4 is 4.90 Å². The predicted octanol–water partition coefficient (Wildman–Crippen LogP) is 1.57. The number of nitrogens with zero attached hydrogens (tertiary/aromatic N) is 6. The average Bonchev–Trinajstić information content (AvgIpc) is 3.19. The third-order valence-corrected chi connectivity index (χ3v) is 4.64. The Kier molecular flexibility index (Phi) is 4.28. The molecule has 7 heteroatoms. The number of piperazine rings is 1. The van der Waals surface area contributed by atoms with Gasteiger partial charge in [0.15, 0.2) is 0 Å². The Hall–Kier alpha value is -2.96. The molecule has 0 unspecified atom stereocenters. The number of fused-ring (bicyclic) bond motifs is 1. The van der Waals surface area contributed by atoms with Gasteiger partial charge in [-0.3, -0.25) is 14.5 Å². The number of pyridine rings is 1. The van der Waals surface area contributed by atoms with Crippen molar-refractivity contribution in [3.8, 4) is 0 Å². The first-order valence-electron chi connectivity index (χ1n) is 8.49. The summed E-state index contributed by atoms with van der Waals surface area (Å²) in [7, 11) is 0. The fourth-order valence-corrected chi connectivity index (χ4v) is 3.27. The van der Waals surface area contributed by atoms with Crippen molar-refractivity contribution in [2.75, 3.05) is 31.1 Å². The minimum Gasteiger partial charge on any atom is -0.366 e. The predicted molar refractivity (Wildman–Crippen MR) is 95.2 cm³/mol. The summed E-state index contributed by atoms with van der Waals surface area (Å²) in [4.78, 5) is 24.9. The lowest BCUT2D eigenvalue weighted by atomic mass is 10.1. The molecule has 1 aliphatic rings. The molecule has 7 nitrogen and oxygen atoms in total. The van der Waals surface area contributed by atoms with Gasteiger partial charge in [0.1, 0.15) is 12.7 Å². The van der Waals surface area contributed by atoms with Crippen molar-refractivity contribution < 1.29 is 4.79 Å². The number of hydrogen-bond donors (Lipinski definition) is 0. The Labute approximate surface area is 145 Å². The molecular formula is C18H20N6O. The highest BCUT2D eigenvalue weighted by Gasteiger charge is 2.22. The van der Waals surface area contributed by atoms with Crippen molar-refractivity contribution >= 4 is 22.4 Å². The fourth-order valence-electron chi connectivity index (χ4n) is 3.27. The highest BCUT2D eigenvalue weighted by atomic mass is 16.2. The van der Waals surface area contributed by atoms with Crippen molar-refractivity contribution in [2.45, 2.75) is 13.0 Å². The highest BCUT2D eigenvalue weighted by molar-refractivity contribution is 5.93. The lowest BCUT2D eigenvalue weighted by Gasteiger charge is -2.36. The van der Waals surface area contributed by atoms with E-state index in [0.717, 1.165) is 37.3 Å². The summed E-state index contributed by atoms with van der Waals surface area (Å²) in [6, 6.07) is 8.28. The Morgan fingerprint density at radius 1 is 1.04 bits per heavy atom. The van der Waals surface area contributed by atoms with Crippen LogP contribution in [-0.4, -0.2) is 56.7 Å². The number of carbonyl (C=O) groups excluding carboxylic acids is 1. The Morgan fingerprint density at radius 3 is 2.68 bits per heavy atom. The number of amides is 1. The standard InChI is InChI=1S/C18H20N6O/c25-18(5-6-24-14-20-13-21-24)23-9-7-22(8-10-23)17-12-19-11-15-3-1-2-4-16(15)17/h1-4,11-14H,5-10H2. The zero-order valence-electron chi connectivity index (χ0n) is 14.0. The quantitative estimate of drug-likeness (QED) is 0.723. The van der Waals surface area contributed by atoms with E-state index in [1.807, 2.05) is 23.4 Å². The molecule has 0 N–H and O–H groups in total. The van der Waals surface area contributed by atoms with Crippen LogP contribution in [0.3, 0.4) is 0 Å². The topological polar surface area (TPSA) is 67.2 Å². The Morgan fingerprint density at radius 2 is 1.88 bits per heavy atom. The van der Waals surface area contributed by atoms with Gasteiger partial charge < -0.3 is 9.80 Å². The third-order valence-electron chi connectivity index (χ3n) is 4.64. The molecule has 3 aromatic rings. The van der Waals surface area contributed by atoms with Gasteiger partial charge >= 0.3 is 0 Å². The fraction of sp³-hybridized carbons (Fsp3) is 0.333. The van der Waals surface area contributed by atoms with Gasteiger partial charge in [-0.2, -0.15) is 5.10 Å². The third kappa shape index (κ3) is 3.31. The average molecular weight is 336 g/mol. The number of hydrogen-bond acceptors (Lipinski definition) is 5. The van der Waals surface area contributed by atoms with Gasteiger partial charge in [0, 0.05) is 49.6 Å². The van der Waals surface area contributed by atoms with E-state index in [1.165, 1.54) is 11.7 Å². The molecule has 25 heavy (non-hydrogen) atoms. The molecule has 0 spiro atoms. The largest absolute Gasteiger partial charge is 0.366 e. The second kappa shape index (κ2) is 6.88. The van der Waals surface area contributed by atoms with E-state index < -0.39 is 0 Å². The molecule has 0 saturated carbocycles. The zero-order valence-corrected chi connectivity index (χ0v) is 14.0. The monoisotopic (exact) mass is 336 g/mol. The van der Waals surface area contributed by atoms with Crippen molar-refractivity contribution in [3.63, 3.8) is 0 Å². The molecule has 4 rings (SSSR count). The number of rotatable bonds is 4.